The van der Waals surface area contributed by atoms with Crippen LogP contribution in [0, 0.1) is 0 Å². The van der Waals surface area contributed by atoms with Crippen LogP contribution in [0.5, 0.6) is 5.75 Å². The first-order valence-electron chi connectivity index (χ1n) is 8.51. The van der Waals surface area contributed by atoms with Crippen molar-refractivity contribution < 1.29 is 18.7 Å². The van der Waals surface area contributed by atoms with Crippen molar-refractivity contribution in [1.29, 1.82) is 0 Å². The molecule has 1 fully saturated rings. The molecular weight excluding hydrogens is 332 g/mol. The third-order valence-corrected chi connectivity index (χ3v) is 5.07. The standard InChI is InChI=1S/C21H16O5/c1-21(2)19(23)17-16-14(25-20(17)26-21)9-8-12-13(22)10-15(24-18(12)16)11-6-4-3-5-7-11/h3-10,17,20H,1-2H3/t17-,20+/m0/s1. The van der Waals surface area contributed by atoms with Crippen LogP contribution in [0.15, 0.2) is 57.7 Å². The molecule has 0 aliphatic carbocycles. The van der Waals surface area contributed by atoms with E-state index in [1.807, 2.05) is 30.3 Å². The van der Waals surface area contributed by atoms with Gasteiger partial charge in [0.05, 0.1) is 10.9 Å². The Morgan fingerprint density at radius 1 is 1.00 bits per heavy atom. The first kappa shape index (κ1) is 15.3. The maximum Gasteiger partial charge on any atom is 0.215 e. The van der Waals surface area contributed by atoms with E-state index in [4.69, 9.17) is 13.9 Å². The van der Waals surface area contributed by atoms with Gasteiger partial charge in [0, 0.05) is 11.6 Å². The molecule has 3 heterocycles. The summed E-state index contributed by atoms with van der Waals surface area (Å²) >= 11 is 0. The number of carbonyl (C=O) groups is 1. The summed E-state index contributed by atoms with van der Waals surface area (Å²) in [6.07, 6.45) is -0.677. The van der Waals surface area contributed by atoms with Gasteiger partial charge in [0.2, 0.25) is 6.29 Å². The Balaban J connectivity index is 1.78. The molecule has 130 valence electrons. The lowest BCUT2D eigenvalue weighted by Crippen LogP contribution is -2.29. The van der Waals surface area contributed by atoms with Gasteiger partial charge in [-0.1, -0.05) is 30.3 Å². The van der Waals surface area contributed by atoms with Crippen LogP contribution < -0.4 is 10.2 Å². The predicted octanol–water partition coefficient (Wildman–Crippen LogP) is 3.64. The van der Waals surface area contributed by atoms with Gasteiger partial charge in [0.1, 0.15) is 28.6 Å². The van der Waals surface area contributed by atoms with Gasteiger partial charge in [-0.15, -0.1) is 0 Å². The van der Waals surface area contributed by atoms with Crippen LogP contribution in [0.4, 0.5) is 0 Å². The van der Waals surface area contributed by atoms with Gasteiger partial charge in [-0.2, -0.15) is 0 Å². The first-order valence-corrected chi connectivity index (χ1v) is 8.51. The Bertz CT molecular complexity index is 1110. The second-order valence-electron chi connectivity index (χ2n) is 7.15. The normalized spacial score (nSPS) is 22.9. The van der Waals surface area contributed by atoms with E-state index in [0.717, 1.165) is 5.56 Å². The topological polar surface area (TPSA) is 65.7 Å². The number of ether oxygens (including phenoxy) is 2. The molecule has 0 spiro atoms. The highest BCUT2D eigenvalue weighted by atomic mass is 16.7. The van der Waals surface area contributed by atoms with Gasteiger partial charge in [-0.25, -0.2) is 0 Å². The summed E-state index contributed by atoms with van der Waals surface area (Å²) in [4.78, 5) is 25.5. The van der Waals surface area contributed by atoms with Crippen molar-refractivity contribution in [3.63, 3.8) is 0 Å². The summed E-state index contributed by atoms with van der Waals surface area (Å²) in [5, 5.41) is 0.435. The number of benzene rings is 2. The van der Waals surface area contributed by atoms with Gasteiger partial charge in [0.15, 0.2) is 11.2 Å². The van der Waals surface area contributed by atoms with Gasteiger partial charge in [-0.3, -0.25) is 9.59 Å². The minimum absolute atomic E-state index is 0.0680. The molecule has 2 atom stereocenters. The summed E-state index contributed by atoms with van der Waals surface area (Å²) in [5.41, 5.74) is 0.733. The summed E-state index contributed by atoms with van der Waals surface area (Å²) in [6.45, 7) is 3.46. The Morgan fingerprint density at radius 3 is 2.54 bits per heavy atom. The Hall–Kier alpha value is -2.92. The maximum absolute atomic E-state index is 12.8. The first-order chi connectivity index (χ1) is 12.5. The van der Waals surface area contributed by atoms with Crippen LogP contribution >= 0.6 is 0 Å². The number of hydrogen-bond acceptors (Lipinski definition) is 5. The summed E-state index contributed by atoms with van der Waals surface area (Å²) in [7, 11) is 0. The van der Waals surface area contributed by atoms with Crippen LogP contribution in [0.3, 0.4) is 0 Å². The number of carbonyl (C=O) groups excluding carboxylic acids is 1. The zero-order chi connectivity index (χ0) is 18.1. The van der Waals surface area contributed by atoms with Crippen LogP contribution in [0.1, 0.15) is 25.3 Å². The Kier molecular flexibility index (Phi) is 2.98. The highest BCUT2D eigenvalue weighted by molar-refractivity contribution is 6.00. The van der Waals surface area contributed by atoms with Gasteiger partial charge >= 0.3 is 0 Å². The predicted molar refractivity (Wildman–Crippen MR) is 95.2 cm³/mol. The fourth-order valence-corrected chi connectivity index (χ4v) is 3.76. The zero-order valence-electron chi connectivity index (χ0n) is 14.3. The van der Waals surface area contributed by atoms with E-state index >= 15 is 0 Å². The molecule has 5 heteroatoms. The molecule has 2 aliphatic rings. The van der Waals surface area contributed by atoms with Crippen LogP contribution in [-0.4, -0.2) is 17.7 Å². The third kappa shape index (κ3) is 2.01. The molecule has 0 bridgehead atoms. The van der Waals surface area contributed by atoms with E-state index in [1.165, 1.54) is 6.07 Å². The van der Waals surface area contributed by atoms with Crippen molar-refractivity contribution in [3.05, 3.63) is 64.3 Å². The molecule has 1 aromatic heterocycles. The van der Waals surface area contributed by atoms with Crippen LogP contribution in [0.2, 0.25) is 0 Å². The fourth-order valence-electron chi connectivity index (χ4n) is 3.76. The largest absolute Gasteiger partial charge is 0.463 e. The van der Waals surface area contributed by atoms with Crippen LogP contribution in [0.25, 0.3) is 22.3 Å². The number of hydrogen-bond donors (Lipinski definition) is 0. The van der Waals surface area contributed by atoms with Crippen molar-refractivity contribution in [2.75, 3.05) is 0 Å². The van der Waals surface area contributed by atoms with Gasteiger partial charge in [-0.05, 0) is 26.0 Å². The molecule has 0 saturated carbocycles. The van der Waals surface area contributed by atoms with Gasteiger partial charge in [0.25, 0.3) is 0 Å². The van der Waals surface area contributed by atoms with E-state index in [-0.39, 0.29) is 11.2 Å². The third-order valence-electron chi connectivity index (χ3n) is 5.07. The van der Waals surface area contributed by atoms with Crippen molar-refractivity contribution in [2.24, 2.45) is 0 Å². The highest BCUT2D eigenvalue weighted by Gasteiger charge is 2.55. The summed E-state index contributed by atoms with van der Waals surface area (Å²) in [6, 6.07) is 14.3. The minimum atomic E-state index is -0.924. The number of fused-ring (bicyclic) bond motifs is 5. The molecule has 5 rings (SSSR count). The molecule has 26 heavy (non-hydrogen) atoms. The molecule has 0 amide bonds. The van der Waals surface area contributed by atoms with E-state index in [2.05, 4.69) is 0 Å². The number of Topliss-reactive ketones (excluding diaryl/α,β-unsaturated/α-hetero) is 1. The quantitative estimate of drug-likeness (QED) is 0.672. The fraction of sp³-hybridized carbons (Fsp3) is 0.238. The average Bonchev–Trinajstić information content (AvgIpc) is 3.08. The molecule has 0 unspecified atom stereocenters. The Labute approximate surface area is 149 Å². The summed E-state index contributed by atoms with van der Waals surface area (Å²) < 4.78 is 17.7. The van der Waals surface area contributed by atoms with Crippen LogP contribution in [-0.2, 0) is 9.53 Å². The molecule has 5 nitrogen and oxygen atoms in total. The van der Waals surface area contributed by atoms with Crippen molar-refractivity contribution >= 4 is 16.8 Å². The molecule has 1 saturated heterocycles. The molecule has 2 aliphatic heterocycles. The van der Waals surface area contributed by atoms with E-state index in [9.17, 15) is 9.59 Å². The van der Waals surface area contributed by atoms with E-state index in [1.54, 1.807) is 26.0 Å². The second-order valence-corrected chi connectivity index (χ2v) is 7.15. The van der Waals surface area contributed by atoms with Crippen molar-refractivity contribution in [1.82, 2.24) is 0 Å². The monoisotopic (exact) mass is 348 g/mol. The molecule has 0 N–H and O–H groups in total. The lowest BCUT2D eigenvalue weighted by molar-refractivity contribution is -0.137. The SMILES string of the molecule is CC1(C)O[C@H]2Oc3ccc4c(=O)cc(-c5ccccc5)oc4c3[C@H]2C1=O. The zero-order valence-corrected chi connectivity index (χ0v) is 14.3. The average molecular weight is 348 g/mol. The van der Waals surface area contributed by atoms with Crippen molar-refractivity contribution in [3.8, 4) is 17.1 Å². The number of ketones is 1. The minimum Gasteiger partial charge on any atom is -0.463 e. The second kappa shape index (κ2) is 5.05. The summed E-state index contributed by atoms with van der Waals surface area (Å²) in [5.74, 6) is 0.342. The smallest absolute Gasteiger partial charge is 0.215 e. The lowest BCUT2D eigenvalue weighted by Gasteiger charge is -2.17. The Morgan fingerprint density at radius 2 is 1.77 bits per heavy atom. The maximum atomic E-state index is 12.8. The number of rotatable bonds is 1. The highest BCUT2D eigenvalue weighted by Crippen LogP contribution is 2.50. The molecule has 0 radical (unpaired) electrons. The van der Waals surface area contributed by atoms with E-state index in [0.29, 0.717) is 28.0 Å². The van der Waals surface area contributed by atoms with E-state index < -0.39 is 17.8 Å². The molecule has 2 aromatic carbocycles. The van der Waals surface area contributed by atoms with Gasteiger partial charge < -0.3 is 13.9 Å². The van der Waals surface area contributed by atoms with Crippen molar-refractivity contribution in [2.45, 2.75) is 31.7 Å². The molecule has 3 aromatic rings. The molecular formula is C21H16O5. The lowest BCUT2D eigenvalue weighted by atomic mass is 9.89.